The second-order valence-corrected chi connectivity index (χ2v) is 4.62. The van der Waals surface area contributed by atoms with E-state index in [-0.39, 0.29) is 18.1 Å². The normalized spacial score (nSPS) is 13.8. The standard InChI is InChI=1S/C14H22N2O2/c1-10(15-11(2)14(17)18-5)12-6-8-13(9-7-12)16(3)4/h6-11,15H,1-5H3/t10?,11-/m0/s1. The number of esters is 1. The summed E-state index contributed by atoms with van der Waals surface area (Å²) in [7, 11) is 5.42. The molecular weight excluding hydrogens is 228 g/mol. The molecule has 0 aromatic heterocycles. The van der Waals surface area contributed by atoms with E-state index in [1.165, 1.54) is 7.11 Å². The van der Waals surface area contributed by atoms with E-state index < -0.39 is 0 Å². The van der Waals surface area contributed by atoms with Gasteiger partial charge < -0.3 is 9.64 Å². The van der Waals surface area contributed by atoms with E-state index in [0.717, 1.165) is 11.3 Å². The van der Waals surface area contributed by atoms with Crippen molar-refractivity contribution < 1.29 is 9.53 Å². The molecule has 0 aliphatic carbocycles. The maximum atomic E-state index is 11.3. The van der Waals surface area contributed by atoms with Crippen molar-refractivity contribution in [2.45, 2.75) is 25.9 Å². The molecule has 1 aromatic carbocycles. The van der Waals surface area contributed by atoms with E-state index in [1.54, 1.807) is 6.92 Å². The molecule has 0 fully saturated rings. The van der Waals surface area contributed by atoms with Gasteiger partial charge >= 0.3 is 5.97 Å². The lowest BCUT2D eigenvalue weighted by molar-refractivity contribution is -0.142. The number of methoxy groups -OCH3 is 1. The molecule has 0 aliphatic heterocycles. The lowest BCUT2D eigenvalue weighted by atomic mass is 10.1. The Kier molecular flexibility index (Phi) is 5.16. The van der Waals surface area contributed by atoms with Gasteiger partial charge in [-0.2, -0.15) is 0 Å². The summed E-state index contributed by atoms with van der Waals surface area (Å²) in [6.07, 6.45) is 0. The fourth-order valence-electron chi connectivity index (χ4n) is 1.78. The number of carbonyl (C=O) groups excluding carboxylic acids is 1. The van der Waals surface area contributed by atoms with Crippen LogP contribution in [0.5, 0.6) is 0 Å². The molecule has 100 valence electrons. The van der Waals surface area contributed by atoms with Crippen LogP contribution in [0.15, 0.2) is 24.3 Å². The zero-order valence-corrected chi connectivity index (χ0v) is 11.7. The molecule has 1 unspecified atom stereocenters. The van der Waals surface area contributed by atoms with Crippen molar-refractivity contribution in [3.8, 4) is 0 Å². The number of hydrogen-bond acceptors (Lipinski definition) is 4. The molecule has 0 amide bonds. The van der Waals surface area contributed by atoms with Gasteiger partial charge in [-0.3, -0.25) is 10.1 Å². The number of benzene rings is 1. The predicted molar refractivity (Wildman–Crippen MR) is 73.8 cm³/mol. The molecule has 0 spiro atoms. The average molecular weight is 250 g/mol. The van der Waals surface area contributed by atoms with E-state index in [9.17, 15) is 4.79 Å². The van der Waals surface area contributed by atoms with Crippen LogP contribution in [-0.2, 0) is 9.53 Å². The zero-order valence-electron chi connectivity index (χ0n) is 11.7. The first-order valence-electron chi connectivity index (χ1n) is 6.07. The van der Waals surface area contributed by atoms with Crippen LogP contribution >= 0.6 is 0 Å². The molecule has 0 radical (unpaired) electrons. The largest absolute Gasteiger partial charge is 0.468 e. The Hall–Kier alpha value is -1.55. The molecule has 0 saturated heterocycles. The third kappa shape index (κ3) is 3.74. The van der Waals surface area contributed by atoms with Crippen LogP contribution in [0.1, 0.15) is 25.5 Å². The third-order valence-electron chi connectivity index (χ3n) is 2.96. The molecule has 2 atom stereocenters. The van der Waals surface area contributed by atoms with Gasteiger partial charge in [0.25, 0.3) is 0 Å². The monoisotopic (exact) mass is 250 g/mol. The maximum absolute atomic E-state index is 11.3. The summed E-state index contributed by atoms with van der Waals surface area (Å²) in [6, 6.07) is 8.06. The lowest BCUT2D eigenvalue weighted by Gasteiger charge is -2.19. The number of nitrogens with zero attached hydrogens (tertiary/aromatic N) is 1. The molecule has 4 heteroatoms. The minimum Gasteiger partial charge on any atom is -0.468 e. The average Bonchev–Trinajstić information content (AvgIpc) is 2.37. The van der Waals surface area contributed by atoms with Crippen LogP contribution in [0.25, 0.3) is 0 Å². The second-order valence-electron chi connectivity index (χ2n) is 4.62. The minimum absolute atomic E-state index is 0.107. The smallest absolute Gasteiger partial charge is 0.322 e. The zero-order chi connectivity index (χ0) is 13.7. The lowest BCUT2D eigenvalue weighted by Crippen LogP contribution is -2.36. The van der Waals surface area contributed by atoms with E-state index in [4.69, 9.17) is 4.74 Å². The number of rotatable bonds is 5. The van der Waals surface area contributed by atoms with E-state index >= 15 is 0 Å². The first-order valence-corrected chi connectivity index (χ1v) is 6.07. The van der Waals surface area contributed by atoms with Crippen molar-refractivity contribution in [1.29, 1.82) is 0 Å². The maximum Gasteiger partial charge on any atom is 0.322 e. The number of anilines is 1. The molecule has 0 heterocycles. The third-order valence-corrected chi connectivity index (χ3v) is 2.96. The highest BCUT2D eigenvalue weighted by atomic mass is 16.5. The summed E-state index contributed by atoms with van der Waals surface area (Å²) in [5.41, 5.74) is 2.31. The van der Waals surface area contributed by atoms with Gasteiger partial charge in [0.2, 0.25) is 0 Å². The van der Waals surface area contributed by atoms with Crippen molar-refractivity contribution in [2.24, 2.45) is 0 Å². The van der Waals surface area contributed by atoms with Gasteiger partial charge in [-0.15, -0.1) is 0 Å². The Balaban J connectivity index is 2.67. The van der Waals surface area contributed by atoms with Gasteiger partial charge in [0.05, 0.1) is 7.11 Å². The van der Waals surface area contributed by atoms with Crippen molar-refractivity contribution in [3.63, 3.8) is 0 Å². The first-order chi connectivity index (χ1) is 8.45. The molecule has 4 nitrogen and oxygen atoms in total. The quantitative estimate of drug-likeness (QED) is 0.811. The Morgan fingerprint density at radius 3 is 2.22 bits per heavy atom. The fourth-order valence-corrected chi connectivity index (χ4v) is 1.78. The summed E-state index contributed by atoms with van der Waals surface area (Å²) in [5, 5.41) is 3.21. The van der Waals surface area contributed by atoms with Crippen molar-refractivity contribution in [2.75, 3.05) is 26.1 Å². The Morgan fingerprint density at radius 2 is 1.78 bits per heavy atom. The number of carbonyl (C=O) groups is 1. The molecule has 1 aromatic rings. The number of hydrogen-bond donors (Lipinski definition) is 1. The predicted octanol–water partition coefficient (Wildman–Crippen LogP) is 1.96. The van der Waals surface area contributed by atoms with Crippen LogP contribution in [0.4, 0.5) is 5.69 Å². The molecular formula is C14H22N2O2. The van der Waals surface area contributed by atoms with Crippen LogP contribution in [0, 0.1) is 0 Å². The number of ether oxygens (including phenoxy) is 1. The van der Waals surface area contributed by atoms with Gasteiger partial charge in [0.15, 0.2) is 0 Å². The van der Waals surface area contributed by atoms with Gasteiger partial charge in [0, 0.05) is 25.8 Å². The van der Waals surface area contributed by atoms with Crippen molar-refractivity contribution in [3.05, 3.63) is 29.8 Å². The van der Waals surface area contributed by atoms with E-state index in [0.29, 0.717) is 0 Å². The minimum atomic E-state index is -0.307. The van der Waals surface area contributed by atoms with Crippen LogP contribution in [0.2, 0.25) is 0 Å². The highest BCUT2D eigenvalue weighted by Crippen LogP contribution is 2.18. The van der Waals surface area contributed by atoms with Gasteiger partial charge in [0.1, 0.15) is 6.04 Å². The summed E-state index contributed by atoms with van der Waals surface area (Å²) in [4.78, 5) is 13.4. The second kappa shape index (κ2) is 6.40. The van der Waals surface area contributed by atoms with Gasteiger partial charge in [-0.25, -0.2) is 0 Å². The molecule has 0 aliphatic rings. The van der Waals surface area contributed by atoms with Gasteiger partial charge in [-0.05, 0) is 31.5 Å². The van der Waals surface area contributed by atoms with E-state index in [2.05, 4.69) is 34.5 Å². The topological polar surface area (TPSA) is 41.6 Å². The van der Waals surface area contributed by atoms with Crippen LogP contribution in [0.3, 0.4) is 0 Å². The Morgan fingerprint density at radius 1 is 1.22 bits per heavy atom. The Bertz CT molecular complexity index is 387. The summed E-state index contributed by atoms with van der Waals surface area (Å²) >= 11 is 0. The first kappa shape index (κ1) is 14.5. The molecule has 18 heavy (non-hydrogen) atoms. The summed E-state index contributed by atoms with van der Waals surface area (Å²) < 4.78 is 4.69. The highest BCUT2D eigenvalue weighted by molar-refractivity contribution is 5.75. The molecule has 0 bridgehead atoms. The highest BCUT2D eigenvalue weighted by Gasteiger charge is 2.16. The number of nitrogens with one attached hydrogen (secondary N) is 1. The summed E-state index contributed by atoms with van der Waals surface area (Å²) in [6.45, 7) is 3.83. The molecule has 1 rings (SSSR count). The van der Waals surface area contributed by atoms with Crippen LogP contribution in [-0.4, -0.2) is 33.2 Å². The SMILES string of the molecule is COC(=O)[C@H](C)NC(C)c1ccc(N(C)C)cc1. The fraction of sp³-hybridized carbons (Fsp3) is 0.500. The van der Waals surface area contributed by atoms with Crippen molar-refractivity contribution >= 4 is 11.7 Å². The summed E-state index contributed by atoms with van der Waals surface area (Å²) in [5.74, 6) is -0.244. The van der Waals surface area contributed by atoms with E-state index in [1.807, 2.05) is 21.0 Å². The van der Waals surface area contributed by atoms with Gasteiger partial charge in [-0.1, -0.05) is 12.1 Å². The molecule has 1 N–H and O–H groups in total. The Labute approximate surface area is 109 Å². The molecule has 0 saturated carbocycles. The van der Waals surface area contributed by atoms with Crippen molar-refractivity contribution in [1.82, 2.24) is 5.32 Å². The van der Waals surface area contributed by atoms with Crippen LogP contribution < -0.4 is 10.2 Å².